The van der Waals surface area contributed by atoms with Crippen LogP contribution in [-0.2, 0) is 0 Å². The second-order valence-electron chi connectivity index (χ2n) is 2.72. The molecule has 0 spiro atoms. The highest BCUT2D eigenvalue weighted by molar-refractivity contribution is 5.94. The first-order chi connectivity index (χ1) is 6.27. The quantitative estimate of drug-likeness (QED) is 0.658. The van der Waals surface area contributed by atoms with Crippen molar-refractivity contribution in [3.63, 3.8) is 0 Å². The molecule has 0 aromatic carbocycles. The first-order valence-electron chi connectivity index (χ1n) is 4.17. The third kappa shape index (κ3) is 2.38. The van der Waals surface area contributed by atoms with Crippen molar-refractivity contribution in [2.75, 3.05) is 0 Å². The van der Waals surface area contributed by atoms with Crippen LogP contribution in [0.1, 0.15) is 35.8 Å². The zero-order valence-corrected chi connectivity index (χ0v) is 7.45. The van der Waals surface area contributed by atoms with E-state index in [9.17, 15) is 4.79 Å². The number of carbonyl (C=O) groups is 1. The molecule has 3 nitrogen and oxygen atoms in total. The van der Waals surface area contributed by atoms with Crippen molar-refractivity contribution in [1.29, 1.82) is 5.26 Å². The molecule has 3 heteroatoms. The van der Waals surface area contributed by atoms with Gasteiger partial charge in [0.15, 0.2) is 5.78 Å². The van der Waals surface area contributed by atoms with Crippen LogP contribution in [-0.4, -0.2) is 10.8 Å². The summed E-state index contributed by atoms with van der Waals surface area (Å²) < 4.78 is 0. The molecule has 0 N–H and O–H groups in total. The number of pyridine rings is 1. The SMILES string of the molecule is CCCC(=O)c1ccc(C#N)cn1. The van der Waals surface area contributed by atoms with E-state index in [2.05, 4.69) is 4.98 Å². The molecule has 1 heterocycles. The van der Waals surface area contributed by atoms with Gasteiger partial charge in [-0.3, -0.25) is 9.78 Å². The van der Waals surface area contributed by atoms with E-state index in [4.69, 9.17) is 5.26 Å². The normalized spacial score (nSPS) is 9.23. The van der Waals surface area contributed by atoms with Gasteiger partial charge >= 0.3 is 0 Å². The Morgan fingerprint density at radius 1 is 1.62 bits per heavy atom. The number of nitriles is 1. The van der Waals surface area contributed by atoms with Crippen molar-refractivity contribution < 1.29 is 4.79 Å². The maximum absolute atomic E-state index is 11.3. The third-order valence-corrected chi connectivity index (χ3v) is 1.66. The minimum absolute atomic E-state index is 0.0342. The van der Waals surface area contributed by atoms with Gasteiger partial charge in [0.1, 0.15) is 11.8 Å². The van der Waals surface area contributed by atoms with Crippen LogP contribution in [0.25, 0.3) is 0 Å². The average Bonchev–Trinajstić information content (AvgIpc) is 2.18. The van der Waals surface area contributed by atoms with E-state index in [1.165, 1.54) is 6.20 Å². The van der Waals surface area contributed by atoms with Gasteiger partial charge in [-0.05, 0) is 18.6 Å². The summed E-state index contributed by atoms with van der Waals surface area (Å²) in [6.07, 6.45) is 2.75. The minimum Gasteiger partial charge on any atom is -0.292 e. The number of Topliss-reactive ketones (excluding diaryl/α,β-unsaturated/α-hetero) is 1. The molecular weight excluding hydrogens is 164 g/mol. The number of ketones is 1. The molecule has 0 aliphatic rings. The van der Waals surface area contributed by atoms with Crippen LogP contribution in [0.4, 0.5) is 0 Å². The monoisotopic (exact) mass is 174 g/mol. The van der Waals surface area contributed by atoms with Gasteiger partial charge in [-0.1, -0.05) is 6.92 Å². The number of rotatable bonds is 3. The number of nitrogens with zero attached hydrogens (tertiary/aromatic N) is 2. The van der Waals surface area contributed by atoms with Gasteiger partial charge in [0, 0.05) is 12.6 Å². The molecule has 1 rings (SSSR count). The van der Waals surface area contributed by atoms with Gasteiger partial charge < -0.3 is 0 Å². The molecule has 0 aliphatic carbocycles. The molecule has 0 aliphatic heterocycles. The average molecular weight is 174 g/mol. The molecule has 13 heavy (non-hydrogen) atoms. The highest BCUT2D eigenvalue weighted by Crippen LogP contribution is 2.03. The Hall–Kier alpha value is -1.69. The summed E-state index contributed by atoms with van der Waals surface area (Å²) in [5.41, 5.74) is 0.925. The first kappa shape index (κ1) is 9.40. The van der Waals surface area contributed by atoms with E-state index in [0.29, 0.717) is 17.7 Å². The summed E-state index contributed by atoms with van der Waals surface area (Å²) in [5, 5.41) is 8.50. The molecular formula is C10H10N2O. The van der Waals surface area contributed by atoms with Crippen LogP contribution in [0.2, 0.25) is 0 Å². The molecule has 1 aromatic heterocycles. The summed E-state index contributed by atoms with van der Waals surface area (Å²) in [6.45, 7) is 1.95. The van der Waals surface area contributed by atoms with Gasteiger partial charge in [-0.2, -0.15) is 5.26 Å². The highest BCUT2D eigenvalue weighted by Gasteiger charge is 2.04. The number of aromatic nitrogens is 1. The summed E-state index contributed by atoms with van der Waals surface area (Å²) in [7, 11) is 0. The van der Waals surface area contributed by atoms with Gasteiger partial charge in [-0.25, -0.2) is 0 Å². The Balaban J connectivity index is 2.81. The maximum atomic E-state index is 11.3. The second-order valence-corrected chi connectivity index (χ2v) is 2.72. The van der Waals surface area contributed by atoms with Crippen LogP contribution >= 0.6 is 0 Å². The number of carbonyl (C=O) groups excluding carboxylic acids is 1. The fourth-order valence-electron chi connectivity index (χ4n) is 0.980. The molecule has 0 unspecified atom stereocenters. The van der Waals surface area contributed by atoms with Crippen LogP contribution in [0.15, 0.2) is 18.3 Å². The van der Waals surface area contributed by atoms with Crippen LogP contribution in [0, 0.1) is 11.3 Å². The molecule has 0 radical (unpaired) electrons. The van der Waals surface area contributed by atoms with E-state index >= 15 is 0 Å². The molecule has 0 atom stereocenters. The largest absolute Gasteiger partial charge is 0.292 e. The predicted molar refractivity (Wildman–Crippen MR) is 48.2 cm³/mol. The van der Waals surface area contributed by atoms with E-state index in [-0.39, 0.29) is 5.78 Å². The minimum atomic E-state index is 0.0342. The first-order valence-corrected chi connectivity index (χ1v) is 4.17. The van der Waals surface area contributed by atoms with Gasteiger partial charge in [0.05, 0.1) is 5.56 Å². The van der Waals surface area contributed by atoms with Gasteiger partial charge in [0.2, 0.25) is 0 Å². The summed E-state index contributed by atoms with van der Waals surface area (Å²) in [6, 6.07) is 5.15. The van der Waals surface area contributed by atoms with Crippen LogP contribution in [0.5, 0.6) is 0 Å². The predicted octanol–water partition coefficient (Wildman–Crippen LogP) is 1.94. The maximum Gasteiger partial charge on any atom is 0.181 e. The topological polar surface area (TPSA) is 53.8 Å². The van der Waals surface area contributed by atoms with Crippen molar-refractivity contribution in [2.24, 2.45) is 0 Å². The van der Waals surface area contributed by atoms with Crippen LogP contribution in [0.3, 0.4) is 0 Å². The molecule has 0 saturated heterocycles. The smallest absolute Gasteiger partial charge is 0.181 e. The summed E-state index contributed by atoms with van der Waals surface area (Å²) in [4.78, 5) is 15.2. The Morgan fingerprint density at radius 2 is 2.38 bits per heavy atom. The Labute approximate surface area is 77.0 Å². The van der Waals surface area contributed by atoms with E-state index < -0.39 is 0 Å². The second kappa shape index (κ2) is 4.36. The van der Waals surface area contributed by atoms with E-state index in [0.717, 1.165) is 6.42 Å². The fraction of sp³-hybridized carbons (Fsp3) is 0.300. The summed E-state index contributed by atoms with van der Waals surface area (Å²) in [5.74, 6) is 0.0342. The number of hydrogen-bond donors (Lipinski definition) is 0. The molecule has 0 bridgehead atoms. The standard InChI is InChI=1S/C10H10N2O/c1-2-3-10(13)9-5-4-8(6-11)7-12-9/h4-5,7H,2-3H2,1H3. The Bertz CT molecular complexity index is 335. The van der Waals surface area contributed by atoms with Gasteiger partial charge in [0.25, 0.3) is 0 Å². The van der Waals surface area contributed by atoms with Crippen molar-refractivity contribution in [1.82, 2.24) is 4.98 Å². The highest BCUT2D eigenvalue weighted by atomic mass is 16.1. The molecule has 1 aromatic rings. The van der Waals surface area contributed by atoms with E-state index in [1.54, 1.807) is 12.1 Å². The number of hydrogen-bond acceptors (Lipinski definition) is 3. The molecule has 0 amide bonds. The zero-order valence-electron chi connectivity index (χ0n) is 7.45. The van der Waals surface area contributed by atoms with Crippen molar-refractivity contribution in [2.45, 2.75) is 19.8 Å². The van der Waals surface area contributed by atoms with Crippen LogP contribution < -0.4 is 0 Å². The third-order valence-electron chi connectivity index (χ3n) is 1.66. The van der Waals surface area contributed by atoms with E-state index in [1.807, 2.05) is 13.0 Å². The van der Waals surface area contributed by atoms with Crippen molar-refractivity contribution in [3.8, 4) is 6.07 Å². The Kier molecular flexibility index (Phi) is 3.15. The van der Waals surface area contributed by atoms with Crippen molar-refractivity contribution >= 4 is 5.78 Å². The molecule has 0 fully saturated rings. The lowest BCUT2D eigenvalue weighted by atomic mass is 10.1. The lowest BCUT2D eigenvalue weighted by Crippen LogP contribution is -2.00. The molecule has 0 saturated carbocycles. The zero-order chi connectivity index (χ0) is 9.68. The lowest BCUT2D eigenvalue weighted by Gasteiger charge is -1.96. The van der Waals surface area contributed by atoms with Crippen molar-refractivity contribution in [3.05, 3.63) is 29.6 Å². The summed E-state index contributed by atoms with van der Waals surface area (Å²) >= 11 is 0. The fourth-order valence-corrected chi connectivity index (χ4v) is 0.980. The van der Waals surface area contributed by atoms with Gasteiger partial charge in [-0.15, -0.1) is 0 Å². The Morgan fingerprint density at radius 3 is 2.85 bits per heavy atom. The molecule has 66 valence electrons. The lowest BCUT2D eigenvalue weighted by molar-refractivity contribution is 0.0977.